The Morgan fingerprint density at radius 3 is 2.90 bits per heavy atom. The van der Waals surface area contributed by atoms with Gasteiger partial charge in [-0.25, -0.2) is 4.99 Å². The highest BCUT2D eigenvalue weighted by Gasteiger charge is 2.32. The van der Waals surface area contributed by atoms with Crippen molar-refractivity contribution in [2.75, 3.05) is 26.9 Å². The van der Waals surface area contributed by atoms with Gasteiger partial charge in [0.15, 0.2) is 0 Å². The van der Waals surface area contributed by atoms with E-state index in [0.717, 1.165) is 12.3 Å². The van der Waals surface area contributed by atoms with Gasteiger partial charge in [0.25, 0.3) is 0 Å². The summed E-state index contributed by atoms with van der Waals surface area (Å²) in [5.74, 6) is 0.285. The number of aliphatic imine (C=N–C) groups is 1. The average Bonchev–Trinajstić information content (AvgIpc) is 3.16. The lowest BCUT2D eigenvalue weighted by atomic mass is 10.2. The molecule has 3 rings (SSSR count). The van der Waals surface area contributed by atoms with Crippen LogP contribution < -0.4 is 21.7 Å². The lowest BCUT2D eigenvalue weighted by Crippen LogP contribution is -2.46. The van der Waals surface area contributed by atoms with E-state index in [9.17, 15) is 18.0 Å². The Bertz CT molecular complexity index is 873. The molecule has 1 aromatic heterocycles. The molecular formula is C17H22F3N7O2. The summed E-state index contributed by atoms with van der Waals surface area (Å²) < 4.78 is 43.7. The molecule has 12 heteroatoms. The molecule has 0 unspecified atom stereocenters. The maximum Gasteiger partial charge on any atom is 0.417 e. The first-order valence-corrected chi connectivity index (χ1v) is 8.77. The zero-order valence-electron chi connectivity index (χ0n) is 15.9. The van der Waals surface area contributed by atoms with Crippen molar-refractivity contribution in [2.24, 2.45) is 10.7 Å². The molecular weight excluding hydrogens is 391 g/mol. The number of amides is 1. The summed E-state index contributed by atoms with van der Waals surface area (Å²) in [6, 6.07) is 0.326. The minimum atomic E-state index is -4.45. The summed E-state index contributed by atoms with van der Waals surface area (Å²) in [5.41, 5.74) is 6.33. The molecule has 1 atom stereocenters. The third kappa shape index (κ3) is 4.83. The monoisotopic (exact) mass is 413 g/mol. The summed E-state index contributed by atoms with van der Waals surface area (Å²) in [7, 11) is 1.76. The summed E-state index contributed by atoms with van der Waals surface area (Å²) in [6.45, 7) is 2.49. The van der Waals surface area contributed by atoms with Gasteiger partial charge >= 0.3 is 6.18 Å². The van der Waals surface area contributed by atoms with Crippen LogP contribution in [-0.4, -0.2) is 54.5 Å². The number of H-pyrrole nitrogens is 1. The van der Waals surface area contributed by atoms with E-state index < -0.39 is 17.8 Å². The summed E-state index contributed by atoms with van der Waals surface area (Å²) in [4.78, 5) is 21.0. The van der Waals surface area contributed by atoms with Crippen LogP contribution in [0.4, 0.5) is 13.2 Å². The highest BCUT2D eigenvalue weighted by molar-refractivity contribution is 6.02. The molecule has 0 spiro atoms. The zero-order valence-corrected chi connectivity index (χ0v) is 15.9. The second kappa shape index (κ2) is 8.07. The number of nitrogens with zero attached hydrogens (tertiary/aromatic N) is 2. The van der Waals surface area contributed by atoms with Crippen LogP contribution in [0.25, 0.3) is 0 Å². The lowest BCUT2D eigenvalue weighted by Gasteiger charge is -2.29. The number of alkyl halides is 3. The Morgan fingerprint density at radius 1 is 1.45 bits per heavy atom. The SMILES string of the molecule is C[C@H](NC1=C(N)N(C)COC1)C(=O)NC1=CNCC(c2cc(C(F)(F)F)c[nH]2)=N1. The first kappa shape index (κ1) is 20.6. The molecule has 0 saturated carbocycles. The number of hydrogen-bond acceptors (Lipinski definition) is 7. The van der Waals surface area contributed by atoms with Gasteiger partial charge in [-0.05, 0) is 13.0 Å². The van der Waals surface area contributed by atoms with E-state index in [-0.39, 0.29) is 30.6 Å². The van der Waals surface area contributed by atoms with Crippen LogP contribution >= 0.6 is 0 Å². The lowest BCUT2D eigenvalue weighted by molar-refractivity contribution is -0.137. The molecule has 0 bridgehead atoms. The van der Waals surface area contributed by atoms with Crippen LogP contribution in [0.5, 0.6) is 0 Å². The molecule has 0 fully saturated rings. The fourth-order valence-corrected chi connectivity index (χ4v) is 2.74. The molecule has 3 heterocycles. The molecule has 0 aliphatic carbocycles. The maximum atomic E-state index is 12.8. The quantitative estimate of drug-likeness (QED) is 0.476. The summed E-state index contributed by atoms with van der Waals surface area (Å²) in [5, 5.41) is 8.51. The number of aromatic nitrogens is 1. The smallest absolute Gasteiger partial charge is 0.384 e. The minimum Gasteiger partial charge on any atom is -0.384 e. The van der Waals surface area contributed by atoms with Gasteiger partial charge < -0.3 is 36.3 Å². The number of nitrogens with one attached hydrogen (secondary N) is 4. The molecule has 9 nitrogen and oxygen atoms in total. The zero-order chi connectivity index (χ0) is 21.2. The van der Waals surface area contributed by atoms with Crippen molar-refractivity contribution in [3.63, 3.8) is 0 Å². The van der Waals surface area contributed by atoms with E-state index in [1.807, 2.05) is 0 Å². The Kier molecular flexibility index (Phi) is 5.73. The van der Waals surface area contributed by atoms with Crippen LogP contribution in [0.2, 0.25) is 0 Å². The Morgan fingerprint density at radius 2 is 2.21 bits per heavy atom. The first-order chi connectivity index (χ1) is 13.6. The number of carbonyl (C=O) groups excluding carboxylic acids is 1. The largest absolute Gasteiger partial charge is 0.417 e. The molecule has 0 radical (unpaired) electrons. The van der Waals surface area contributed by atoms with Crippen molar-refractivity contribution >= 4 is 11.6 Å². The molecule has 1 amide bonds. The van der Waals surface area contributed by atoms with Crippen molar-refractivity contribution in [1.82, 2.24) is 25.8 Å². The van der Waals surface area contributed by atoms with Crippen molar-refractivity contribution in [1.29, 1.82) is 0 Å². The van der Waals surface area contributed by atoms with Crippen molar-refractivity contribution in [2.45, 2.75) is 19.1 Å². The van der Waals surface area contributed by atoms with Crippen LogP contribution in [0.1, 0.15) is 18.2 Å². The van der Waals surface area contributed by atoms with Crippen molar-refractivity contribution in [3.05, 3.63) is 47.1 Å². The fraction of sp³-hybridized carbons (Fsp3) is 0.412. The normalized spacial score (nSPS) is 18.6. The predicted molar refractivity (Wildman–Crippen MR) is 99.0 cm³/mol. The molecule has 1 aromatic rings. The van der Waals surface area contributed by atoms with E-state index in [4.69, 9.17) is 10.5 Å². The molecule has 6 N–H and O–H groups in total. The number of hydrogen-bond donors (Lipinski definition) is 5. The number of rotatable bonds is 5. The average molecular weight is 413 g/mol. The van der Waals surface area contributed by atoms with Gasteiger partial charge in [-0.3, -0.25) is 4.79 Å². The number of carbonyl (C=O) groups is 1. The molecule has 29 heavy (non-hydrogen) atoms. The van der Waals surface area contributed by atoms with Gasteiger partial charge in [0.05, 0.1) is 35.8 Å². The van der Waals surface area contributed by atoms with Crippen LogP contribution in [0, 0.1) is 0 Å². The van der Waals surface area contributed by atoms with Gasteiger partial charge in [0.1, 0.15) is 24.4 Å². The Labute approximate surface area is 164 Å². The molecule has 0 aromatic carbocycles. The van der Waals surface area contributed by atoms with E-state index in [1.54, 1.807) is 18.9 Å². The van der Waals surface area contributed by atoms with Gasteiger partial charge in [0.2, 0.25) is 5.91 Å². The number of nitrogens with two attached hydrogens (primary N) is 1. The highest BCUT2D eigenvalue weighted by atomic mass is 19.4. The highest BCUT2D eigenvalue weighted by Crippen LogP contribution is 2.29. The van der Waals surface area contributed by atoms with Crippen LogP contribution in [-0.2, 0) is 15.7 Å². The predicted octanol–water partition coefficient (Wildman–Crippen LogP) is 0.366. The van der Waals surface area contributed by atoms with Gasteiger partial charge in [-0.1, -0.05) is 0 Å². The molecule has 158 valence electrons. The number of halogens is 3. The maximum absolute atomic E-state index is 12.8. The Hall–Kier alpha value is -3.15. The van der Waals surface area contributed by atoms with E-state index in [0.29, 0.717) is 24.0 Å². The van der Waals surface area contributed by atoms with Crippen molar-refractivity contribution < 1.29 is 22.7 Å². The van der Waals surface area contributed by atoms with Gasteiger partial charge in [-0.2, -0.15) is 13.2 Å². The number of aromatic amines is 1. The van der Waals surface area contributed by atoms with E-state index >= 15 is 0 Å². The third-order valence-corrected chi connectivity index (χ3v) is 4.37. The third-order valence-electron chi connectivity index (χ3n) is 4.37. The standard InChI is InChI=1S/C17H22F3N7O2/c1-9(24-13-7-29-8-27(2)15(13)21)16(28)26-14-6-22-5-12(25-14)11-3-10(4-23-11)17(18,19)20/h3-4,6,9,22-24H,5,7-8,21H2,1-2H3,(H,26,28)/t9-/m0/s1. The van der Waals surface area contributed by atoms with Gasteiger partial charge in [-0.15, -0.1) is 0 Å². The molecule has 2 aliphatic heterocycles. The van der Waals surface area contributed by atoms with Crippen LogP contribution in [0.15, 0.2) is 40.8 Å². The Balaban J connectivity index is 1.65. The number of ether oxygens (including phenoxy) is 1. The van der Waals surface area contributed by atoms with E-state index in [2.05, 4.69) is 25.9 Å². The van der Waals surface area contributed by atoms with E-state index in [1.165, 1.54) is 6.20 Å². The minimum absolute atomic E-state index is 0.187. The fourth-order valence-electron chi connectivity index (χ4n) is 2.74. The molecule has 0 saturated heterocycles. The summed E-state index contributed by atoms with van der Waals surface area (Å²) >= 11 is 0. The topological polar surface area (TPSA) is 120 Å². The van der Waals surface area contributed by atoms with Gasteiger partial charge in [0, 0.05) is 19.4 Å². The second-order valence-electron chi connectivity index (χ2n) is 6.66. The summed E-state index contributed by atoms with van der Waals surface area (Å²) in [6.07, 6.45) is -2.09. The van der Waals surface area contributed by atoms with Crippen LogP contribution in [0.3, 0.4) is 0 Å². The molecule has 2 aliphatic rings. The second-order valence-corrected chi connectivity index (χ2v) is 6.66. The van der Waals surface area contributed by atoms with Crippen molar-refractivity contribution in [3.8, 4) is 0 Å². The first-order valence-electron chi connectivity index (χ1n) is 8.77.